The maximum atomic E-state index is 11.5. The van der Waals surface area contributed by atoms with Gasteiger partial charge in [-0.2, -0.15) is 0 Å². The van der Waals surface area contributed by atoms with Crippen LogP contribution in [0.15, 0.2) is 0 Å². The number of hydrogen-bond donors (Lipinski definition) is 0. The normalized spacial score (nSPS) is 9.42. The number of ether oxygens (including phenoxy) is 2. The molecule has 0 saturated heterocycles. The van der Waals surface area contributed by atoms with Crippen molar-refractivity contribution >= 4 is 24.3 Å². The minimum absolute atomic E-state index is 0.210. The van der Waals surface area contributed by atoms with Crippen LogP contribution in [0.4, 0.5) is 0 Å². The van der Waals surface area contributed by atoms with Gasteiger partial charge >= 0.3 is 11.9 Å². The third kappa shape index (κ3) is 7.74. The van der Waals surface area contributed by atoms with Crippen molar-refractivity contribution < 1.29 is 28.7 Å². The SMILES string of the molecule is CCOC(=O)CN(C)C(=O)COC(=O)CN(C)C=O. The monoisotopic (exact) mass is 274 g/mol. The molecule has 8 heteroatoms. The molecular weight excluding hydrogens is 256 g/mol. The molecule has 0 radical (unpaired) electrons. The van der Waals surface area contributed by atoms with E-state index in [-0.39, 0.29) is 19.7 Å². The second kappa shape index (κ2) is 8.90. The molecule has 0 aliphatic heterocycles. The first-order chi connectivity index (χ1) is 8.90. The van der Waals surface area contributed by atoms with Crippen LogP contribution in [-0.2, 0) is 28.7 Å². The van der Waals surface area contributed by atoms with E-state index < -0.39 is 24.5 Å². The quantitative estimate of drug-likeness (QED) is 0.401. The molecule has 0 aliphatic carbocycles. The molecule has 0 fully saturated rings. The van der Waals surface area contributed by atoms with Gasteiger partial charge in [-0.3, -0.25) is 19.2 Å². The first kappa shape index (κ1) is 16.9. The van der Waals surface area contributed by atoms with Gasteiger partial charge in [0.2, 0.25) is 6.41 Å². The van der Waals surface area contributed by atoms with Gasteiger partial charge in [0.05, 0.1) is 6.61 Å². The Morgan fingerprint density at radius 2 is 1.63 bits per heavy atom. The molecule has 0 unspecified atom stereocenters. The van der Waals surface area contributed by atoms with E-state index in [9.17, 15) is 19.2 Å². The summed E-state index contributed by atoms with van der Waals surface area (Å²) in [4.78, 5) is 46.2. The topological polar surface area (TPSA) is 93.2 Å². The number of likely N-dealkylation sites (N-methyl/N-ethyl adjacent to an activating group) is 2. The molecule has 0 N–H and O–H groups in total. The van der Waals surface area contributed by atoms with Gasteiger partial charge in [-0.15, -0.1) is 0 Å². The van der Waals surface area contributed by atoms with Gasteiger partial charge in [-0.1, -0.05) is 0 Å². The fourth-order valence-electron chi connectivity index (χ4n) is 1.03. The lowest BCUT2D eigenvalue weighted by Crippen LogP contribution is -2.37. The highest BCUT2D eigenvalue weighted by Crippen LogP contribution is 1.91. The highest BCUT2D eigenvalue weighted by molar-refractivity contribution is 5.84. The van der Waals surface area contributed by atoms with Gasteiger partial charge in [0, 0.05) is 14.1 Å². The van der Waals surface area contributed by atoms with Crippen molar-refractivity contribution in [2.24, 2.45) is 0 Å². The van der Waals surface area contributed by atoms with Crippen LogP contribution in [0.5, 0.6) is 0 Å². The third-order valence-corrected chi connectivity index (χ3v) is 2.01. The number of hydrogen-bond acceptors (Lipinski definition) is 6. The Kier molecular flexibility index (Phi) is 7.90. The molecule has 0 rings (SSSR count). The average molecular weight is 274 g/mol. The maximum absolute atomic E-state index is 11.5. The lowest BCUT2D eigenvalue weighted by molar-refractivity contribution is -0.155. The smallest absolute Gasteiger partial charge is 0.326 e. The van der Waals surface area contributed by atoms with Gasteiger partial charge in [0.1, 0.15) is 13.1 Å². The van der Waals surface area contributed by atoms with Crippen molar-refractivity contribution in [3.05, 3.63) is 0 Å². The summed E-state index contributed by atoms with van der Waals surface area (Å²) in [7, 11) is 2.80. The minimum Gasteiger partial charge on any atom is -0.465 e. The summed E-state index contributed by atoms with van der Waals surface area (Å²) in [5, 5.41) is 0. The third-order valence-electron chi connectivity index (χ3n) is 2.01. The van der Waals surface area contributed by atoms with Crippen molar-refractivity contribution in [1.29, 1.82) is 0 Å². The van der Waals surface area contributed by atoms with Gasteiger partial charge in [-0.05, 0) is 6.92 Å². The summed E-state index contributed by atoms with van der Waals surface area (Å²) in [5.41, 5.74) is 0. The van der Waals surface area contributed by atoms with Crippen LogP contribution in [0.2, 0.25) is 0 Å². The summed E-state index contributed by atoms with van der Waals surface area (Å²) in [5.74, 6) is -1.77. The second-order valence-electron chi connectivity index (χ2n) is 3.74. The Labute approximate surface area is 111 Å². The summed E-state index contributed by atoms with van der Waals surface area (Å²) in [6.07, 6.45) is 0.468. The molecule has 0 aromatic carbocycles. The molecule has 0 aromatic heterocycles. The van der Waals surface area contributed by atoms with Gasteiger partial charge in [0.15, 0.2) is 6.61 Å². The maximum Gasteiger partial charge on any atom is 0.326 e. The molecule has 0 bridgehead atoms. The lowest BCUT2D eigenvalue weighted by Gasteiger charge is -2.16. The molecule has 0 heterocycles. The molecule has 0 spiro atoms. The Hall–Kier alpha value is -2.12. The van der Waals surface area contributed by atoms with Crippen molar-refractivity contribution in [2.45, 2.75) is 6.92 Å². The van der Waals surface area contributed by atoms with Crippen molar-refractivity contribution in [1.82, 2.24) is 9.80 Å². The first-order valence-electron chi connectivity index (χ1n) is 5.61. The van der Waals surface area contributed by atoms with E-state index in [0.29, 0.717) is 6.41 Å². The summed E-state index contributed by atoms with van der Waals surface area (Å²) < 4.78 is 9.33. The molecular formula is C11H18N2O6. The van der Waals surface area contributed by atoms with Crippen LogP contribution in [0.3, 0.4) is 0 Å². The molecule has 2 amide bonds. The summed E-state index contributed by atoms with van der Waals surface area (Å²) >= 11 is 0. The number of carbonyl (C=O) groups is 4. The van der Waals surface area contributed by atoms with Gasteiger partial charge < -0.3 is 19.3 Å². The Balaban J connectivity index is 3.99. The predicted molar refractivity (Wildman–Crippen MR) is 63.9 cm³/mol. The molecule has 19 heavy (non-hydrogen) atoms. The Morgan fingerprint density at radius 1 is 1.05 bits per heavy atom. The zero-order valence-electron chi connectivity index (χ0n) is 11.2. The van der Waals surface area contributed by atoms with E-state index >= 15 is 0 Å². The fraction of sp³-hybridized carbons (Fsp3) is 0.636. The van der Waals surface area contributed by atoms with Crippen molar-refractivity contribution in [3.8, 4) is 0 Å². The minimum atomic E-state index is -0.701. The van der Waals surface area contributed by atoms with E-state index in [1.807, 2.05) is 0 Å². The number of carbonyl (C=O) groups excluding carboxylic acids is 4. The van der Waals surface area contributed by atoms with Crippen LogP contribution >= 0.6 is 0 Å². The standard InChI is InChI=1S/C11H18N2O6/c1-4-18-11(17)6-13(3)9(15)7-19-10(16)5-12(2)8-14/h8H,4-7H2,1-3H3. The number of rotatable bonds is 8. The molecule has 108 valence electrons. The average Bonchev–Trinajstić information content (AvgIpc) is 2.35. The first-order valence-corrected chi connectivity index (χ1v) is 5.61. The van der Waals surface area contributed by atoms with E-state index in [0.717, 1.165) is 9.80 Å². The largest absolute Gasteiger partial charge is 0.465 e. The zero-order valence-corrected chi connectivity index (χ0v) is 11.2. The van der Waals surface area contributed by atoms with E-state index in [1.165, 1.54) is 14.1 Å². The lowest BCUT2D eigenvalue weighted by atomic mass is 10.5. The summed E-state index contributed by atoms with van der Waals surface area (Å²) in [6, 6.07) is 0. The second-order valence-corrected chi connectivity index (χ2v) is 3.74. The van der Waals surface area contributed by atoms with Gasteiger partial charge in [-0.25, -0.2) is 0 Å². The highest BCUT2D eigenvalue weighted by atomic mass is 16.5. The Morgan fingerprint density at radius 3 is 2.16 bits per heavy atom. The van der Waals surface area contributed by atoms with Crippen LogP contribution in [-0.4, -0.2) is 74.5 Å². The molecule has 0 aliphatic rings. The molecule has 0 atom stereocenters. The summed E-state index contributed by atoms with van der Waals surface area (Å²) in [6.45, 7) is 0.956. The zero-order chi connectivity index (χ0) is 14.8. The van der Waals surface area contributed by atoms with E-state index in [4.69, 9.17) is 0 Å². The molecule has 0 aromatic rings. The van der Waals surface area contributed by atoms with Crippen LogP contribution in [0.1, 0.15) is 6.92 Å². The van der Waals surface area contributed by atoms with Crippen molar-refractivity contribution in [2.75, 3.05) is 40.4 Å². The highest BCUT2D eigenvalue weighted by Gasteiger charge is 2.16. The van der Waals surface area contributed by atoms with E-state index in [1.54, 1.807) is 6.92 Å². The predicted octanol–water partition coefficient (Wildman–Crippen LogP) is -1.36. The van der Waals surface area contributed by atoms with Crippen LogP contribution in [0, 0.1) is 0 Å². The number of amides is 2. The number of esters is 2. The number of nitrogens with zero attached hydrogens (tertiary/aromatic N) is 2. The molecule has 0 saturated carbocycles. The van der Waals surface area contributed by atoms with Crippen molar-refractivity contribution in [3.63, 3.8) is 0 Å². The fourth-order valence-corrected chi connectivity index (χ4v) is 1.03. The van der Waals surface area contributed by atoms with E-state index in [2.05, 4.69) is 9.47 Å². The molecule has 8 nitrogen and oxygen atoms in total. The Bertz CT molecular complexity index is 344. The van der Waals surface area contributed by atoms with Crippen LogP contribution in [0.25, 0.3) is 0 Å². The van der Waals surface area contributed by atoms with Gasteiger partial charge in [0.25, 0.3) is 5.91 Å². The van der Waals surface area contributed by atoms with Crippen LogP contribution < -0.4 is 0 Å².